The third kappa shape index (κ3) is 3.53. The molecule has 5 heteroatoms. The standard InChI is InChI=1S/C21H19NO3S/c1-12-5-4-6-16(9-12)20(23)22-17-11-26-19(18(17)21(24)25)15-8-7-13(2)14(3)10-15/h4-11H,1-3H3,(H,22,23)(H,24,25). The summed E-state index contributed by atoms with van der Waals surface area (Å²) in [6.45, 7) is 5.91. The number of nitrogens with one attached hydrogen (secondary N) is 1. The first-order valence-corrected chi connectivity index (χ1v) is 9.05. The second-order valence-corrected chi connectivity index (χ2v) is 7.16. The molecule has 0 fully saturated rings. The second-order valence-electron chi connectivity index (χ2n) is 6.28. The number of hydrogen-bond donors (Lipinski definition) is 2. The molecule has 2 aromatic carbocycles. The number of aromatic carboxylic acids is 1. The van der Waals surface area contributed by atoms with Gasteiger partial charge in [-0.3, -0.25) is 4.79 Å². The number of rotatable bonds is 4. The van der Waals surface area contributed by atoms with Gasteiger partial charge in [-0.2, -0.15) is 0 Å². The van der Waals surface area contributed by atoms with Crippen LogP contribution in [0, 0.1) is 20.8 Å². The topological polar surface area (TPSA) is 66.4 Å². The Hall–Kier alpha value is -2.92. The fourth-order valence-corrected chi connectivity index (χ4v) is 3.73. The van der Waals surface area contributed by atoms with E-state index in [0.717, 1.165) is 22.3 Å². The molecule has 3 aromatic rings. The van der Waals surface area contributed by atoms with Gasteiger partial charge in [0.25, 0.3) is 5.91 Å². The van der Waals surface area contributed by atoms with Crippen molar-refractivity contribution in [3.8, 4) is 10.4 Å². The van der Waals surface area contributed by atoms with Gasteiger partial charge in [-0.1, -0.05) is 35.9 Å². The average molecular weight is 365 g/mol. The summed E-state index contributed by atoms with van der Waals surface area (Å²) in [5, 5.41) is 14.1. The zero-order valence-corrected chi connectivity index (χ0v) is 15.6. The monoisotopic (exact) mass is 365 g/mol. The second kappa shape index (κ2) is 7.14. The molecule has 0 aliphatic heterocycles. The maximum atomic E-state index is 12.5. The number of aryl methyl sites for hydroxylation is 3. The molecule has 0 unspecified atom stereocenters. The summed E-state index contributed by atoms with van der Waals surface area (Å²) in [4.78, 5) is 25.0. The minimum atomic E-state index is -1.06. The molecule has 0 saturated heterocycles. The lowest BCUT2D eigenvalue weighted by Crippen LogP contribution is -2.14. The summed E-state index contributed by atoms with van der Waals surface area (Å²) in [5.74, 6) is -1.38. The lowest BCUT2D eigenvalue weighted by Gasteiger charge is -2.08. The van der Waals surface area contributed by atoms with Crippen molar-refractivity contribution < 1.29 is 14.7 Å². The van der Waals surface area contributed by atoms with E-state index in [1.807, 2.05) is 45.0 Å². The minimum absolute atomic E-state index is 0.124. The van der Waals surface area contributed by atoms with Gasteiger partial charge in [0.05, 0.1) is 10.6 Å². The molecule has 0 saturated carbocycles. The number of carbonyl (C=O) groups excluding carboxylic acids is 1. The molecule has 132 valence electrons. The molecule has 1 heterocycles. The summed E-state index contributed by atoms with van der Waals surface area (Å²) in [7, 11) is 0. The third-order valence-electron chi connectivity index (χ3n) is 4.30. The highest BCUT2D eigenvalue weighted by Gasteiger charge is 2.21. The van der Waals surface area contributed by atoms with Crippen LogP contribution in [0.4, 0.5) is 5.69 Å². The summed E-state index contributed by atoms with van der Waals surface area (Å²) in [6, 6.07) is 13.0. The molecule has 0 spiro atoms. The highest BCUT2D eigenvalue weighted by atomic mass is 32.1. The molecule has 0 aliphatic carbocycles. The molecule has 4 nitrogen and oxygen atoms in total. The van der Waals surface area contributed by atoms with E-state index in [4.69, 9.17) is 0 Å². The predicted molar refractivity (Wildman–Crippen MR) is 105 cm³/mol. The first kappa shape index (κ1) is 17.9. The number of amides is 1. The SMILES string of the molecule is Cc1cccc(C(=O)Nc2csc(-c3ccc(C)c(C)c3)c2C(=O)O)c1. The van der Waals surface area contributed by atoms with Crippen molar-refractivity contribution in [2.24, 2.45) is 0 Å². The normalized spacial score (nSPS) is 10.6. The van der Waals surface area contributed by atoms with Gasteiger partial charge in [-0.25, -0.2) is 4.79 Å². The van der Waals surface area contributed by atoms with Gasteiger partial charge in [0.2, 0.25) is 0 Å². The lowest BCUT2D eigenvalue weighted by molar-refractivity contribution is 0.0699. The van der Waals surface area contributed by atoms with Crippen LogP contribution in [0.3, 0.4) is 0 Å². The van der Waals surface area contributed by atoms with Crippen molar-refractivity contribution in [2.45, 2.75) is 20.8 Å². The molecular formula is C21H19NO3S. The number of thiophene rings is 1. The third-order valence-corrected chi connectivity index (χ3v) is 5.33. The average Bonchev–Trinajstić information content (AvgIpc) is 3.01. The Balaban J connectivity index is 1.98. The fraction of sp³-hybridized carbons (Fsp3) is 0.143. The molecule has 0 bridgehead atoms. The summed E-state index contributed by atoms with van der Waals surface area (Å²) in [5.41, 5.74) is 5.00. The largest absolute Gasteiger partial charge is 0.478 e. The van der Waals surface area contributed by atoms with Crippen molar-refractivity contribution in [3.63, 3.8) is 0 Å². The van der Waals surface area contributed by atoms with Crippen molar-refractivity contribution in [3.05, 3.63) is 75.7 Å². The van der Waals surface area contributed by atoms with Gasteiger partial charge in [-0.15, -0.1) is 11.3 Å². The molecule has 2 N–H and O–H groups in total. The fourth-order valence-electron chi connectivity index (χ4n) is 2.74. The quantitative estimate of drug-likeness (QED) is 0.660. The van der Waals surface area contributed by atoms with Crippen molar-refractivity contribution in [1.82, 2.24) is 0 Å². The minimum Gasteiger partial charge on any atom is -0.478 e. The Morgan fingerprint density at radius 1 is 1.00 bits per heavy atom. The van der Waals surface area contributed by atoms with E-state index >= 15 is 0 Å². The summed E-state index contributed by atoms with van der Waals surface area (Å²) < 4.78 is 0. The smallest absolute Gasteiger partial charge is 0.339 e. The van der Waals surface area contributed by atoms with Crippen LogP contribution >= 0.6 is 11.3 Å². The maximum absolute atomic E-state index is 12.5. The number of hydrogen-bond acceptors (Lipinski definition) is 3. The zero-order chi connectivity index (χ0) is 18.8. The molecule has 0 radical (unpaired) electrons. The number of benzene rings is 2. The van der Waals surface area contributed by atoms with Crippen molar-refractivity contribution in [2.75, 3.05) is 5.32 Å². The molecule has 26 heavy (non-hydrogen) atoms. The van der Waals surface area contributed by atoms with Crippen LogP contribution < -0.4 is 5.32 Å². The van der Waals surface area contributed by atoms with Crippen LogP contribution in [0.15, 0.2) is 47.8 Å². The van der Waals surface area contributed by atoms with E-state index < -0.39 is 5.97 Å². The lowest BCUT2D eigenvalue weighted by atomic mass is 10.0. The van der Waals surface area contributed by atoms with Crippen molar-refractivity contribution >= 4 is 28.9 Å². The number of carboxylic acid groups (broad SMARTS) is 1. The van der Waals surface area contributed by atoms with Gasteiger partial charge in [-0.05, 0) is 49.6 Å². The zero-order valence-electron chi connectivity index (χ0n) is 14.8. The number of carbonyl (C=O) groups is 2. The molecule has 1 amide bonds. The van der Waals surface area contributed by atoms with E-state index in [-0.39, 0.29) is 11.5 Å². The molecule has 0 aliphatic rings. The molecular weight excluding hydrogens is 346 g/mol. The predicted octanol–water partition coefficient (Wildman–Crippen LogP) is 5.29. The Kier molecular flexibility index (Phi) is 4.91. The van der Waals surface area contributed by atoms with Gasteiger partial charge in [0, 0.05) is 10.9 Å². The van der Waals surface area contributed by atoms with Gasteiger partial charge in [0.15, 0.2) is 0 Å². The summed E-state index contributed by atoms with van der Waals surface area (Å²) >= 11 is 1.32. The van der Waals surface area contributed by atoms with Crippen LogP contribution in [0.1, 0.15) is 37.4 Å². The van der Waals surface area contributed by atoms with Crippen molar-refractivity contribution in [1.29, 1.82) is 0 Å². The number of carboxylic acids is 1. The van der Waals surface area contributed by atoms with E-state index in [1.165, 1.54) is 11.3 Å². The van der Waals surface area contributed by atoms with Crippen LogP contribution in [0.2, 0.25) is 0 Å². The van der Waals surface area contributed by atoms with Gasteiger partial charge >= 0.3 is 5.97 Å². The highest BCUT2D eigenvalue weighted by molar-refractivity contribution is 7.14. The maximum Gasteiger partial charge on any atom is 0.339 e. The Labute approximate surface area is 156 Å². The first-order chi connectivity index (χ1) is 12.4. The van der Waals surface area contributed by atoms with Crippen LogP contribution in [0.5, 0.6) is 0 Å². The molecule has 1 aromatic heterocycles. The Morgan fingerprint density at radius 3 is 2.42 bits per heavy atom. The van der Waals surface area contributed by atoms with E-state index in [2.05, 4.69) is 5.32 Å². The Bertz CT molecular complexity index is 1000. The van der Waals surface area contributed by atoms with Crippen LogP contribution in [0.25, 0.3) is 10.4 Å². The van der Waals surface area contributed by atoms with Crippen LogP contribution in [-0.2, 0) is 0 Å². The highest BCUT2D eigenvalue weighted by Crippen LogP contribution is 2.37. The van der Waals surface area contributed by atoms with E-state index in [9.17, 15) is 14.7 Å². The van der Waals surface area contributed by atoms with E-state index in [1.54, 1.807) is 23.6 Å². The molecule has 0 atom stereocenters. The Morgan fingerprint density at radius 2 is 1.77 bits per heavy atom. The first-order valence-electron chi connectivity index (χ1n) is 8.17. The van der Waals surface area contributed by atoms with Gasteiger partial charge in [0.1, 0.15) is 5.56 Å². The summed E-state index contributed by atoms with van der Waals surface area (Å²) in [6.07, 6.45) is 0. The molecule has 3 rings (SSSR count). The number of anilines is 1. The van der Waals surface area contributed by atoms with E-state index in [0.29, 0.717) is 16.1 Å². The van der Waals surface area contributed by atoms with Gasteiger partial charge < -0.3 is 10.4 Å². The van der Waals surface area contributed by atoms with Crippen LogP contribution in [-0.4, -0.2) is 17.0 Å².